The lowest BCUT2D eigenvalue weighted by atomic mass is 9.91. The molecule has 5 nitrogen and oxygen atoms in total. The molecule has 0 saturated carbocycles. The maximum absolute atomic E-state index is 9.53. The second-order valence-corrected chi connectivity index (χ2v) is 3.30. The third-order valence-corrected chi connectivity index (χ3v) is 2.48. The minimum atomic E-state index is -1.05. The molecule has 1 fully saturated rings. The monoisotopic (exact) mass is 192 g/mol. The van der Waals surface area contributed by atoms with E-state index in [1.165, 1.54) is 7.11 Å². The van der Waals surface area contributed by atoms with E-state index in [1.807, 2.05) is 0 Å². The van der Waals surface area contributed by atoms with Gasteiger partial charge < -0.3 is 24.8 Å². The number of methoxy groups -OCH3 is 1. The van der Waals surface area contributed by atoms with Gasteiger partial charge in [-0.15, -0.1) is 0 Å². The molecule has 0 amide bonds. The summed E-state index contributed by atoms with van der Waals surface area (Å²) in [6, 6.07) is 0. The van der Waals surface area contributed by atoms with Gasteiger partial charge in [0.2, 0.25) is 0 Å². The van der Waals surface area contributed by atoms with Gasteiger partial charge in [-0.3, -0.25) is 0 Å². The molecule has 13 heavy (non-hydrogen) atoms. The summed E-state index contributed by atoms with van der Waals surface area (Å²) in [5, 5.41) is 27.9. The molecule has 1 heterocycles. The van der Waals surface area contributed by atoms with Crippen LogP contribution < -0.4 is 0 Å². The van der Waals surface area contributed by atoms with Crippen molar-refractivity contribution in [2.45, 2.75) is 31.5 Å². The summed E-state index contributed by atoms with van der Waals surface area (Å²) in [4.78, 5) is 0. The Hall–Kier alpha value is -0.200. The lowest BCUT2D eigenvalue weighted by Gasteiger charge is -2.40. The molecule has 3 N–H and O–H groups in total. The highest BCUT2D eigenvalue weighted by molar-refractivity contribution is 4.86. The van der Waals surface area contributed by atoms with Gasteiger partial charge in [0.1, 0.15) is 6.10 Å². The third kappa shape index (κ3) is 2.00. The molecule has 1 saturated heterocycles. The van der Waals surface area contributed by atoms with Crippen molar-refractivity contribution in [2.24, 2.45) is 5.92 Å². The van der Waals surface area contributed by atoms with E-state index in [-0.39, 0.29) is 12.5 Å². The van der Waals surface area contributed by atoms with Crippen molar-refractivity contribution in [1.29, 1.82) is 0 Å². The summed E-state index contributed by atoms with van der Waals surface area (Å²) >= 11 is 0. The maximum atomic E-state index is 9.53. The van der Waals surface area contributed by atoms with Crippen LogP contribution in [0.1, 0.15) is 6.92 Å². The molecule has 0 aliphatic carbocycles. The van der Waals surface area contributed by atoms with Crippen LogP contribution in [0.4, 0.5) is 0 Å². The van der Waals surface area contributed by atoms with Crippen molar-refractivity contribution >= 4 is 0 Å². The normalized spacial score (nSPS) is 46.4. The van der Waals surface area contributed by atoms with Crippen molar-refractivity contribution in [3.8, 4) is 0 Å². The summed E-state index contributed by atoms with van der Waals surface area (Å²) in [5.74, 6) is -0.300. The molecule has 5 heteroatoms. The standard InChI is InChI=1S/C8H16O5/c1-4-5(3-9)13-8(12-2)7(11)6(4)10/h4-11H,3H2,1-2H3/t4-,5-,6+,7+,8-/m0/s1. The summed E-state index contributed by atoms with van der Waals surface area (Å²) in [7, 11) is 1.38. The van der Waals surface area contributed by atoms with Crippen LogP contribution in [0, 0.1) is 5.92 Å². The van der Waals surface area contributed by atoms with Gasteiger partial charge in [0.25, 0.3) is 0 Å². The Morgan fingerprint density at radius 2 is 1.92 bits per heavy atom. The molecule has 0 radical (unpaired) electrons. The fourth-order valence-corrected chi connectivity index (χ4v) is 1.47. The Bertz CT molecular complexity index is 143. The SMILES string of the molecule is CO[C@H]1O[C@@H](CO)[C@H](C)[C@@H](O)[C@H]1O. The van der Waals surface area contributed by atoms with Crippen molar-refractivity contribution < 1.29 is 24.8 Å². The van der Waals surface area contributed by atoms with Crippen LogP contribution in [-0.2, 0) is 9.47 Å². The Morgan fingerprint density at radius 3 is 2.38 bits per heavy atom. The third-order valence-electron chi connectivity index (χ3n) is 2.48. The molecule has 0 aromatic heterocycles. The van der Waals surface area contributed by atoms with E-state index in [4.69, 9.17) is 14.6 Å². The summed E-state index contributed by atoms with van der Waals surface area (Å²) in [6.45, 7) is 1.52. The van der Waals surface area contributed by atoms with E-state index in [2.05, 4.69) is 0 Å². The maximum Gasteiger partial charge on any atom is 0.186 e. The lowest BCUT2D eigenvalue weighted by molar-refractivity contribution is -0.280. The zero-order valence-corrected chi connectivity index (χ0v) is 7.75. The lowest BCUT2D eigenvalue weighted by Crippen LogP contribution is -2.55. The van der Waals surface area contributed by atoms with Gasteiger partial charge in [0, 0.05) is 13.0 Å². The largest absolute Gasteiger partial charge is 0.394 e. The first kappa shape index (κ1) is 10.9. The van der Waals surface area contributed by atoms with E-state index < -0.39 is 24.6 Å². The van der Waals surface area contributed by atoms with E-state index >= 15 is 0 Å². The quantitative estimate of drug-likeness (QED) is 0.507. The first-order chi connectivity index (χ1) is 6.11. The fourth-order valence-electron chi connectivity index (χ4n) is 1.47. The molecule has 5 atom stereocenters. The highest BCUT2D eigenvalue weighted by Crippen LogP contribution is 2.25. The molecule has 0 unspecified atom stereocenters. The summed E-state index contributed by atoms with van der Waals surface area (Å²) < 4.78 is 10.0. The van der Waals surface area contributed by atoms with Gasteiger partial charge in [-0.2, -0.15) is 0 Å². The molecule has 0 bridgehead atoms. The van der Waals surface area contributed by atoms with Crippen molar-refractivity contribution in [2.75, 3.05) is 13.7 Å². The zero-order valence-electron chi connectivity index (χ0n) is 7.75. The van der Waals surface area contributed by atoms with Crippen LogP contribution >= 0.6 is 0 Å². The number of aliphatic hydroxyl groups excluding tert-OH is 3. The van der Waals surface area contributed by atoms with Crippen LogP contribution in [0.2, 0.25) is 0 Å². The van der Waals surface area contributed by atoms with Crippen LogP contribution in [0.5, 0.6) is 0 Å². The number of rotatable bonds is 2. The van der Waals surface area contributed by atoms with Gasteiger partial charge in [0.15, 0.2) is 6.29 Å². The highest BCUT2D eigenvalue weighted by atomic mass is 16.7. The van der Waals surface area contributed by atoms with E-state index in [0.717, 1.165) is 0 Å². The average Bonchev–Trinajstić information content (AvgIpc) is 2.15. The Kier molecular flexibility index (Phi) is 3.63. The molecule has 1 aliphatic rings. The predicted octanol–water partition coefficient (Wildman–Crippen LogP) is -1.29. The second-order valence-electron chi connectivity index (χ2n) is 3.30. The molecule has 0 spiro atoms. The molecule has 1 aliphatic heterocycles. The fraction of sp³-hybridized carbons (Fsp3) is 1.00. The highest BCUT2D eigenvalue weighted by Gasteiger charge is 2.41. The van der Waals surface area contributed by atoms with Crippen molar-refractivity contribution in [1.82, 2.24) is 0 Å². The van der Waals surface area contributed by atoms with E-state index in [0.29, 0.717) is 0 Å². The van der Waals surface area contributed by atoms with Gasteiger partial charge in [-0.25, -0.2) is 0 Å². The minimum Gasteiger partial charge on any atom is -0.394 e. The average molecular weight is 192 g/mol. The van der Waals surface area contributed by atoms with E-state index in [1.54, 1.807) is 6.92 Å². The van der Waals surface area contributed by atoms with Crippen molar-refractivity contribution in [3.63, 3.8) is 0 Å². The first-order valence-electron chi connectivity index (χ1n) is 4.27. The number of hydrogen-bond acceptors (Lipinski definition) is 5. The number of ether oxygens (including phenoxy) is 2. The van der Waals surface area contributed by atoms with Crippen LogP contribution in [-0.4, -0.2) is 53.6 Å². The van der Waals surface area contributed by atoms with Gasteiger partial charge in [-0.1, -0.05) is 6.92 Å². The summed E-state index contributed by atoms with van der Waals surface area (Å²) in [6.07, 6.45) is -3.31. The second kappa shape index (κ2) is 4.34. The summed E-state index contributed by atoms with van der Waals surface area (Å²) in [5.41, 5.74) is 0. The molecule has 1 rings (SSSR count). The predicted molar refractivity (Wildman–Crippen MR) is 43.9 cm³/mol. The van der Waals surface area contributed by atoms with Crippen molar-refractivity contribution in [3.05, 3.63) is 0 Å². The number of aliphatic hydroxyl groups is 3. The molecule has 78 valence electrons. The topological polar surface area (TPSA) is 79.2 Å². The zero-order chi connectivity index (χ0) is 10.0. The molecule has 0 aromatic carbocycles. The smallest absolute Gasteiger partial charge is 0.186 e. The Labute approximate surface area is 76.9 Å². The Morgan fingerprint density at radius 1 is 1.31 bits per heavy atom. The first-order valence-corrected chi connectivity index (χ1v) is 4.27. The Balaban J connectivity index is 2.66. The van der Waals surface area contributed by atoms with E-state index in [9.17, 15) is 10.2 Å². The molecular weight excluding hydrogens is 176 g/mol. The van der Waals surface area contributed by atoms with Crippen LogP contribution in [0.3, 0.4) is 0 Å². The van der Waals surface area contributed by atoms with Crippen LogP contribution in [0.15, 0.2) is 0 Å². The number of hydrogen-bond donors (Lipinski definition) is 3. The van der Waals surface area contributed by atoms with Gasteiger partial charge in [-0.05, 0) is 0 Å². The molecular formula is C8H16O5. The molecule has 0 aromatic rings. The van der Waals surface area contributed by atoms with Gasteiger partial charge >= 0.3 is 0 Å². The van der Waals surface area contributed by atoms with Gasteiger partial charge in [0.05, 0.1) is 18.8 Å². The minimum absolute atomic E-state index is 0.190. The van der Waals surface area contributed by atoms with Crippen LogP contribution in [0.25, 0.3) is 0 Å².